The van der Waals surface area contributed by atoms with Crippen LogP contribution in [0.2, 0.25) is 0 Å². The summed E-state index contributed by atoms with van der Waals surface area (Å²) in [5, 5.41) is 12.5. The predicted molar refractivity (Wildman–Crippen MR) is 94.7 cm³/mol. The van der Waals surface area contributed by atoms with Crippen LogP contribution in [-0.4, -0.2) is 29.9 Å². The zero-order valence-electron chi connectivity index (χ0n) is 13.6. The fraction of sp³-hybridized carbons (Fsp3) is 0.556. The molecule has 1 fully saturated rings. The first-order valence-corrected chi connectivity index (χ1v) is 8.97. The number of likely N-dealkylation sites (N-methyl/N-ethyl adjacent to an activating group) is 1. The molecule has 0 aliphatic heterocycles. The third kappa shape index (κ3) is 5.63. The van der Waals surface area contributed by atoms with Gasteiger partial charge in [0.15, 0.2) is 0 Å². The van der Waals surface area contributed by atoms with Gasteiger partial charge in [-0.1, -0.05) is 53.7 Å². The van der Waals surface area contributed by atoms with E-state index in [0.717, 1.165) is 48.6 Å². The molecule has 1 aliphatic carbocycles. The number of hydrogen-bond donors (Lipinski definition) is 1. The molecular weight excluding hydrogens is 354 g/mol. The third-order valence-corrected chi connectivity index (χ3v) is 4.86. The van der Waals surface area contributed by atoms with E-state index in [9.17, 15) is 10.1 Å². The van der Waals surface area contributed by atoms with E-state index in [1.54, 1.807) is 0 Å². The van der Waals surface area contributed by atoms with Crippen molar-refractivity contribution < 1.29 is 4.79 Å². The lowest BCUT2D eigenvalue weighted by molar-refractivity contribution is -0.123. The molecule has 23 heavy (non-hydrogen) atoms. The van der Waals surface area contributed by atoms with Gasteiger partial charge in [-0.3, -0.25) is 9.69 Å². The Balaban J connectivity index is 1.87. The Morgan fingerprint density at radius 1 is 1.26 bits per heavy atom. The summed E-state index contributed by atoms with van der Waals surface area (Å²) in [5.41, 5.74) is 0.499. The van der Waals surface area contributed by atoms with Gasteiger partial charge in [0.25, 0.3) is 0 Å². The van der Waals surface area contributed by atoms with E-state index in [4.69, 9.17) is 0 Å². The highest BCUT2D eigenvalue weighted by atomic mass is 79.9. The molecule has 2 rings (SSSR count). The van der Waals surface area contributed by atoms with Gasteiger partial charge in [0.1, 0.15) is 5.54 Å². The van der Waals surface area contributed by atoms with Crippen LogP contribution in [0.4, 0.5) is 0 Å². The van der Waals surface area contributed by atoms with Crippen LogP contribution in [0.15, 0.2) is 28.7 Å². The van der Waals surface area contributed by atoms with Gasteiger partial charge in [-0.05, 0) is 37.6 Å². The number of halogens is 1. The summed E-state index contributed by atoms with van der Waals surface area (Å²) in [7, 11) is 1.92. The molecule has 5 heteroatoms. The normalized spacial score (nSPS) is 17.3. The van der Waals surface area contributed by atoms with Crippen LogP contribution in [0.1, 0.15) is 44.1 Å². The first kappa shape index (κ1) is 18.0. The summed E-state index contributed by atoms with van der Waals surface area (Å²) in [6.07, 6.45) is 5.88. The molecule has 0 heterocycles. The largest absolute Gasteiger partial charge is 0.337 e. The second-order valence-electron chi connectivity index (χ2n) is 6.46. The average molecular weight is 378 g/mol. The summed E-state index contributed by atoms with van der Waals surface area (Å²) >= 11 is 3.42. The van der Waals surface area contributed by atoms with Crippen molar-refractivity contribution in [3.05, 3.63) is 34.3 Å². The van der Waals surface area contributed by atoms with Crippen molar-refractivity contribution >= 4 is 21.8 Å². The number of benzene rings is 1. The van der Waals surface area contributed by atoms with Gasteiger partial charge in [0.05, 0.1) is 12.6 Å². The lowest BCUT2D eigenvalue weighted by Gasteiger charge is -2.27. The topological polar surface area (TPSA) is 56.1 Å². The van der Waals surface area contributed by atoms with Gasteiger partial charge in [-0.2, -0.15) is 5.26 Å². The SMILES string of the molecule is CN(CC(=O)NC1(C#N)CCCCCC1)Cc1ccc(Br)cc1. The van der Waals surface area contributed by atoms with Gasteiger partial charge < -0.3 is 5.32 Å². The predicted octanol–water partition coefficient (Wildman–Crippen LogP) is 3.61. The number of nitriles is 1. The van der Waals surface area contributed by atoms with Crippen molar-refractivity contribution in [1.29, 1.82) is 5.26 Å². The molecule has 0 unspecified atom stereocenters. The number of carbonyl (C=O) groups is 1. The van der Waals surface area contributed by atoms with Crippen LogP contribution in [0.5, 0.6) is 0 Å². The molecule has 0 saturated heterocycles. The Kier molecular flexibility index (Phi) is 6.61. The second kappa shape index (κ2) is 8.47. The van der Waals surface area contributed by atoms with Crippen molar-refractivity contribution in [3.8, 4) is 6.07 Å². The Hall–Kier alpha value is -1.38. The lowest BCUT2D eigenvalue weighted by atomic mass is 9.92. The fourth-order valence-electron chi connectivity index (χ4n) is 3.11. The van der Waals surface area contributed by atoms with Crippen molar-refractivity contribution in [2.45, 2.75) is 50.6 Å². The summed E-state index contributed by atoms with van der Waals surface area (Å²) < 4.78 is 1.05. The molecule has 1 saturated carbocycles. The maximum atomic E-state index is 12.3. The number of rotatable bonds is 5. The van der Waals surface area contributed by atoms with Crippen molar-refractivity contribution in [2.24, 2.45) is 0 Å². The van der Waals surface area contributed by atoms with E-state index in [2.05, 4.69) is 27.3 Å². The Labute approximate surface area is 147 Å². The maximum Gasteiger partial charge on any atom is 0.235 e. The summed E-state index contributed by atoms with van der Waals surface area (Å²) in [6, 6.07) is 10.4. The summed E-state index contributed by atoms with van der Waals surface area (Å²) in [6.45, 7) is 1.01. The van der Waals surface area contributed by atoms with Crippen LogP contribution in [-0.2, 0) is 11.3 Å². The minimum absolute atomic E-state index is 0.0620. The highest BCUT2D eigenvalue weighted by molar-refractivity contribution is 9.10. The number of hydrogen-bond acceptors (Lipinski definition) is 3. The van der Waals surface area contributed by atoms with Crippen molar-refractivity contribution in [1.82, 2.24) is 10.2 Å². The van der Waals surface area contributed by atoms with E-state index >= 15 is 0 Å². The molecule has 0 spiro atoms. The van der Waals surface area contributed by atoms with Crippen molar-refractivity contribution in [2.75, 3.05) is 13.6 Å². The van der Waals surface area contributed by atoms with Gasteiger partial charge >= 0.3 is 0 Å². The molecule has 0 radical (unpaired) electrons. The van der Waals surface area contributed by atoms with Crippen LogP contribution in [0, 0.1) is 11.3 Å². The van der Waals surface area contributed by atoms with Gasteiger partial charge in [-0.25, -0.2) is 0 Å². The molecule has 124 valence electrons. The van der Waals surface area contributed by atoms with E-state index in [0.29, 0.717) is 13.1 Å². The molecule has 1 aromatic rings. The van der Waals surface area contributed by atoms with Crippen molar-refractivity contribution in [3.63, 3.8) is 0 Å². The van der Waals surface area contributed by atoms with Crippen LogP contribution >= 0.6 is 15.9 Å². The third-order valence-electron chi connectivity index (χ3n) is 4.33. The number of nitrogens with zero attached hydrogens (tertiary/aromatic N) is 2. The highest BCUT2D eigenvalue weighted by Gasteiger charge is 2.32. The fourth-order valence-corrected chi connectivity index (χ4v) is 3.37. The Morgan fingerprint density at radius 2 is 1.87 bits per heavy atom. The molecular formula is C18H24BrN3O. The Morgan fingerprint density at radius 3 is 2.43 bits per heavy atom. The van der Waals surface area contributed by atoms with Crippen LogP contribution in [0.25, 0.3) is 0 Å². The van der Waals surface area contributed by atoms with E-state index in [1.165, 1.54) is 0 Å². The smallest absolute Gasteiger partial charge is 0.235 e. The molecule has 0 atom stereocenters. The first-order valence-electron chi connectivity index (χ1n) is 8.18. The average Bonchev–Trinajstić information content (AvgIpc) is 2.75. The molecule has 1 aliphatic rings. The quantitative estimate of drug-likeness (QED) is 0.797. The summed E-state index contributed by atoms with van der Waals surface area (Å²) in [4.78, 5) is 14.3. The number of nitrogens with one attached hydrogen (secondary N) is 1. The zero-order valence-corrected chi connectivity index (χ0v) is 15.2. The lowest BCUT2D eigenvalue weighted by Crippen LogP contribution is -2.49. The maximum absolute atomic E-state index is 12.3. The molecule has 1 N–H and O–H groups in total. The zero-order chi connectivity index (χ0) is 16.7. The highest BCUT2D eigenvalue weighted by Crippen LogP contribution is 2.26. The second-order valence-corrected chi connectivity index (χ2v) is 7.37. The molecule has 1 aromatic carbocycles. The monoisotopic (exact) mass is 377 g/mol. The molecule has 0 aromatic heterocycles. The van der Waals surface area contributed by atoms with Gasteiger partial charge in [0, 0.05) is 11.0 Å². The molecule has 0 bridgehead atoms. The number of carbonyl (C=O) groups excluding carboxylic acids is 1. The first-order chi connectivity index (χ1) is 11.0. The molecule has 4 nitrogen and oxygen atoms in total. The molecule has 1 amide bonds. The van der Waals surface area contributed by atoms with Crippen LogP contribution < -0.4 is 5.32 Å². The van der Waals surface area contributed by atoms with E-state index in [-0.39, 0.29) is 5.91 Å². The number of amides is 1. The standard InChI is InChI=1S/C18H24BrN3O/c1-22(12-15-6-8-16(19)9-7-15)13-17(23)21-18(14-20)10-4-2-3-5-11-18/h6-9H,2-5,10-13H2,1H3,(H,21,23). The van der Waals surface area contributed by atoms with E-state index < -0.39 is 5.54 Å². The Bertz CT molecular complexity index is 557. The minimum Gasteiger partial charge on any atom is -0.337 e. The van der Waals surface area contributed by atoms with E-state index in [1.807, 2.05) is 36.2 Å². The van der Waals surface area contributed by atoms with Crippen LogP contribution in [0.3, 0.4) is 0 Å². The summed E-state index contributed by atoms with van der Waals surface area (Å²) in [5.74, 6) is -0.0620. The minimum atomic E-state index is -0.661. The van der Waals surface area contributed by atoms with Gasteiger partial charge in [0.2, 0.25) is 5.91 Å². The van der Waals surface area contributed by atoms with Gasteiger partial charge in [-0.15, -0.1) is 0 Å².